The van der Waals surface area contributed by atoms with Crippen LogP contribution in [0.15, 0.2) is 47.9 Å². The van der Waals surface area contributed by atoms with E-state index in [1.54, 1.807) is 18.5 Å². The van der Waals surface area contributed by atoms with Crippen LogP contribution in [0.4, 0.5) is 10.3 Å². The molecule has 0 aromatic carbocycles. The maximum Gasteiger partial charge on any atom is 0.266 e. The summed E-state index contributed by atoms with van der Waals surface area (Å²) in [6.45, 7) is 2.30. The van der Waals surface area contributed by atoms with E-state index in [0.717, 1.165) is 18.2 Å². The van der Waals surface area contributed by atoms with Crippen LogP contribution in [-0.4, -0.2) is 35.8 Å². The fourth-order valence-electron chi connectivity index (χ4n) is 3.05. The van der Waals surface area contributed by atoms with E-state index in [4.69, 9.17) is 0 Å². The lowest BCUT2D eigenvalue weighted by Crippen LogP contribution is -2.34. The third kappa shape index (κ3) is 3.25. The first kappa shape index (κ1) is 15.4. The van der Waals surface area contributed by atoms with Crippen molar-refractivity contribution < 1.29 is 4.39 Å². The van der Waals surface area contributed by atoms with E-state index in [9.17, 15) is 9.18 Å². The van der Waals surface area contributed by atoms with Gasteiger partial charge in [-0.05, 0) is 6.07 Å². The summed E-state index contributed by atoms with van der Waals surface area (Å²) in [7, 11) is 0. The molecule has 0 radical (unpaired) electrons. The van der Waals surface area contributed by atoms with Crippen LogP contribution >= 0.6 is 0 Å². The first-order valence-corrected chi connectivity index (χ1v) is 7.93. The van der Waals surface area contributed by atoms with Crippen molar-refractivity contribution >= 4 is 5.95 Å². The summed E-state index contributed by atoms with van der Waals surface area (Å²) in [6, 6.07) is 3.12. The minimum Gasteiger partial charge on any atom is -0.333 e. The molecule has 0 saturated heterocycles. The molecule has 25 heavy (non-hydrogen) atoms. The summed E-state index contributed by atoms with van der Waals surface area (Å²) in [5.74, 6) is 0.938. The lowest BCUT2D eigenvalue weighted by atomic mass is 10.1. The third-order valence-electron chi connectivity index (χ3n) is 4.17. The van der Waals surface area contributed by atoms with Crippen LogP contribution in [0.3, 0.4) is 0 Å². The van der Waals surface area contributed by atoms with Gasteiger partial charge in [0, 0.05) is 43.7 Å². The molecule has 0 saturated carbocycles. The van der Waals surface area contributed by atoms with Gasteiger partial charge in [0.1, 0.15) is 5.82 Å². The van der Waals surface area contributed by atoms with Gasteiger partial charge in [-0.1, -0.05) is 0 Å². The maximum atomic E-state index is 13.1. The van der Waals surface area contributed by atoms with Gasteiger partial charge < -0.3 is 9.47 Å². The highest BCUT2D eigenvalue weighted by atomic mass is 19.1. The number of imidazole rings is 1. The summed E-state index contributed by atoms with van der Waals surface area (Å²) in [5, 5.41) is 4.14. The molecule has 0 spiro atoms. The molecule has 1 aliphatic heterocycles. The molecule has 3 aromatic rings. The molecule has 1 unspecified atom stereocenters. The predicted octanol–water partition coefficient (Wildman–Crippen LogP) is 0.705. The number of rotatable bonds is 3. The second-order valence-electron chi connectivity index (χ2n) is 5.99. The summed E-state index contributed by atoms with van der Waals surface area (Å²) < 4.78 is 16.6. The van der Waals surface area contributed by atoms with E-state index in [2.05, 4.69) is 24.6 Å². The van der Waals surface area contributed by atoms with Gasteiger partial charge in [0.2, 0.25) is 5.95 Å². The molecule has 0 aliphatic carbocycles. The van der Waals surface area contributed by atoms with Gasteiger partial charge in [-0.25, -0.2) is 24.0 Å². The van der Waals surface area contributed by atoms with E-state index in [-0.39, 0.29) is 11.5 Å². The fraction of sp³-hybridized carbons (Fsp3) is 0.312. The summed E-state index contributed by atoms with van der Waals surface area (Å²) in [5.41, 5.74) is -0.137. The Kier molecular flexibility index (Phi) is 3.96. The lowest BCUT2D eigenvalue weighted by Gasteiger charge is -2.23. The van der Waals surface area contributed by atoms with Gasteiger partial charge in [0.15, 0.2) is 5.82 Å². The number of aromatic nitrogens is 6. The lowest BCUT2D eigenvalue weighted by molar-refractivity contribution is 0.369. The second kappa shape index (κ2) is 6.42. The molecule has 8 nitrogen and oxygen atoms in total. The Balaban J connectivity index is 1.64. The SMILES string of the molecule is O=c1cccnn1CC1CN(c2ncc(F)cn2)Cc2nccn2C1. The highest BCUT2D eigenvalue weighted by Crippen LogP contribution is 2.20. The van der Waals surface area contributed by atoms with Crippen molar-refractivity contribution in [3.63, 3.8) is 0 Å². The fourth-order valence-corrected chi connectivity index (χ4v) is 3.05. The monoisotopic (exact) mass is 341 g/mol. The van der Waals surface area contributed by atoms with Crippen LogP contribution < -0.4 is 10.5 Å². The van der Waals surface area contributed by atoms with Crippen LogP contribution in [0, 0.1) is 11.7 Å². The van der Waals surface area contributed by atoms with Gasteiger partial charge >= 0.3 is 0 Å². The molecule has 1 aliphatic rings. The third-order valence-corrected chi connectivity index (χ3v) is 4.17. The molecule has 9 heteroatoms. The molecule has 0 N–H and O–H groups in total. The number of anilines is 1. The Morgan fingerprint density at radius 3 is 2.80 bits per heavy atom. The quantitative estimate of drug-likeness (QED) is 0.698. The average Bonchev–Trinajstić information content (AvgIpc) is 2.96. The maximum absolute atomic E-state index is 13.1. The van der Waals surface area contributed by atoms with Crippen LogP contribution in [0.1, 0.15) is 5.82 Å². The van der Waals surface area contributed by atoms with Crippen molar-refractivity contribution in [1.82, 2.24) is 29.3 Å². The number of fused-ring (bicyclic) bond motifs is 1. The van der Waals surface area contributed by atoms with Gasteiger partial charge in [-0.15, -0.1) is 0 Å². The number of hydrogen-bond acceptors (Lipinski definition) is 6. The van der Waals surface area contributed by atoms with Crippen molar-refractivity contribution in [2.45, 2.75) is 19.6 Å². The largest absolute Gasteiger partial charge is 0.333 e. The van der Waals surface area contributed by atoms with Crippen LogP contribution in [0.5, 0.6) is 0 Å². The minimum absolute atomic E-state index is 0.0942. The van der Waals surface area contributed by atoms with Crippen molar-refractivity contribution in [2.75, 3.05) is 11.4 Å². The Hall–Kier alpha value is -3.10. The zero-order valence-electron chi connectivity index (χ0n) is 13.4. The topological polar surface area (TPSA) is 81.7 Å². The zero-order valence-corrected chi connectivity index (χ0v) is 13.4. The van der Waals surface area contributed by atoms with Gasteiger partial charge in [0.25, 0.3) is 5.56 Å². The molecular weight excluding hydrogens is 325 g/mol. The molecule has 4 rings (SSSR count). The highest BCUT2D eigenvalue weighted by molar-refractivity contribution is 5.30. The summed E-state index contributed by atoms with van der Waals surface area (Å²) >= 11 is 0. The first-order chi connectivity index (χ1) is 12.2. The minimum atomic E-state index is -0.475. The Morgan fingerprint density at radius 2 is 2.00 bits per heavy atom. The molecule has 4 heterocycles. The first-order valence-electron chi connectivity index (χ1n) is 7.93. The van der Waals surface area contributed by atoms with Gasteiger partial charge in [-0.2, -0.15) is 5.10 Å². The van der Waals surface area contributed by atoms with E-state index < -0.39 is 5.82 Å². The molecule has 0 amide bonds. The molecule has 1 atom stereocenters. The molecule has 128 valence electrons. The summed E-state index contributed by atoms with van der Waals surface area (Å²) in [6.07, 6.45) is 7.56. The van der Waals surface area contributed by atoms with Crippen LogP contribution in [-0.2, 0) is 19.6 Å². The Morgan fingerprint density at radius 1 is 1.16 bits per heavy atom. The van der Waals surface area contributed by atoms with Gasteiger partial charge in [-0.3, -0.25) is 4.79 Å². The predicted molar refractivity (Wildman–Crippen MR) is 87.3 cm³/mol. The van der Waals surface area contributed by atoms with Gasteiger partial charge in [0.05, 0.1) is 25.5 Å². The molecular formula is C16H16FN7O. The van der Waals surface area contributed by atoms with Crippen molar-refractivity contribution in [1.29, 1.82) is 0 Å². The van der Waals surface area contributed by atoms with E-state index in [0.29, 0.717) is 32.1 Å². The number of halogens is 1. The molecule has 3 aromatic heterocycles. The Bertz CT molecular complexity index is 920. The van der Waals surface area contributed by atoms with Crippen LogP contribution in [0.2, 0.25) is 0 Å². The van der Waals surface area contributed by atoms with Crippen molar-refractivity contribution in [3.05, 3.63) is 65.1 Å². The van der Waals surface area contributed by atoms with Crippen molar-refractivity contribution in [2.24, 2.45) is 5.92 Å². The van der Waals surface area contributed by atoms with Crippen LogP contribution in [0.25, 0.3) is 0 Å². The van der Waals surface area contributed by atoms with E-state index >= 15 is 0 Å². The number of nitrogens with zero attached hydrogens (tertiary/aromatic N) is 7. The molecule has 0 bridgehead atoms. The standard InChI is InChI=1S/C16H16FN7O/c17-13-6-19-16(20-7-13)23-9-12(8-22-5-4-18-14(22)11-23)10-24-15(25)2-1-3-21-24/h1-7,12H,8-11H2. The number of hydrogen-bond donors (Lipinski definition) is 0. The van der Waals surface area contributed by atoms with E-state index in [1.807, 2.05) is 11.1 Å². The normalized spacial score (nSPS) is 17.2. The average molecular weight is 341 g/mol. The summed E-state index contributed by atoms with van der Waals surface area (Å²) in [4.78, 5) is 26.4. The zero-order chi connectivity index (χ0) is 17.2. The second-order valence-corrected chi connectivity index (χ2v) is 5.99. The van der Waals surface area contributed by atoms with E-state index in [1.165, 1.54) is 10.7 Å². The smallest absolute Gasteiger partial charge is 0.266 e. The molecule has 0 fully saturated rings. The Labute approximate surface area is 142 Å². The highest BCUT2D eigenvalue weighted by Gasteiger charge is 2.24. The van der Waals surface area contributed by atoms with Crippen molar-refractivity contribution in [3.8, 4) is 0 Å².